The van der Waals surface area contributed by atoms with Gasteiger partial charge in [-0.3, -0.25) is 4.79 Å². The molecule has 0 aliphatic carbocycles. The van der Waals surface area contributed by atoms with Gasteiger partial charge in [-0.15, -0.1) is 0 Å². The van der Waals surface area contributed by atoms with E-state index in [2.05, 4.69) is 26.1 Å². The normalized spacial score (nSPS) is 17.5. The topological polar surface area (TPSA) is 128 Å². The molecule has 1 fully saturated rings. The predicted octanol–water partition coefficient (Wildman–Crippen LogP) is 4.23. The highest BCUT2D eigenvalue weighted by molar-refractivity contribution is 5.98. The molecule has 0 spiro atoms. The predicted molar refractivity (Wildman–Crippen MR) is 152 cm³/mol. The first kappa shape index (κ1) is 28.0. The number of carbonyl (C=O) groups is 2. The maximum Gasteiger partial charge on any atom is 0.407 e. The third-order valence-corrected chi connectivity index (χ3v) is 7.18. The molecule has 0 radical (unpaired) electrons. The molecular weight excluding hydrogens is 522 g/mol. The van der Waals surface area contributed by atoms with Gasteiger partial charge >= 0.3 is 6.09 Å². The molecule has 3 N–H and O–H groups in total. The maximum atomic E-state index is 13.9. The van der Waals surface area contributed by atoms with Crippen LogP contribution in [-0.4, -0.2) is 54.5 Å². The Balaban J connectivity index is 1.31. The number of alkyl carbamates (subject to hydrolysis) is 1. The van der Waals surface area contributed by atoms with Crippen LogP contribution in [0.2, 0.25) is 0 Å². The van der Waals surface area contributed by atoms with Crippen LogP contribution in [-0.2, 0) is 20.7 Å². The number of nitrogens with one attached hydrogen (secondary N) is 3. The molecule has 0 unspecified atom stereocenters. The van der Waals surface area contributed by atoms with E-state index in [1.807, 2.05) is 84.9 Å². The minimum Gasteiger partial charge on any atom is -0.453 e. The van der Waals surface area contributed by atoms with Gasteiger partial charge in [-0.1, -0.05) is 84.0 Å². The zero-order chi connectivity index (χ0) is 28.4. The summed E-state index contributed by atoms with van der Waals surface area (Å²) in [6.07, 6.45) is 2.06. The summed E-state index contributed by atoms with van der Waals surface area (Å²) in [4.78, 5) is 30.5. The molecule has 3 aromatic carbocycles. The van der Waals surface area contributed by atoms with Crippen LogP contribution in [0.25, 0.3) is 0 Å². The highest BCUT2D eigenvalue weighted by Gasteiger charge is 2.33. The van der Waals surface area contributed by atoms with Crippen LogP contribution in [0.1, 0.15) is 40.9 Å². The minimum absolute atomic E-state index is 0.00353. The molecule has 4 aromatic rings. The minimum atomic E-state index is -0.937. The van der Waals surface area contributed by atoms with Crippen LogP contribution in [0.15, 0.2) is 95.8 Å². The van der Waals surface area contributed by atoms with E-state index >= 15 is 0 Å². The van der Waals surface area contributed by atoms with Gasteiger partial charge in [0.15, 0.2) is 5.82 Å². The molecule has 1 aliphatic heterocycles. The van der Waals surface area contributed by atoms with Crippen molar-refractivity contribution in [2.75, 3.05) is 25.6 Å². The molecule has 1 saturated heterocycles. The Morgan fingerprint density at radius 2 is 1.68 bits per heavy atom. The van der Waals surface area contributed by atoms with E-state index in [1.54, 1.807) is 0 Å². The molecule has 41 heavy (non-hydrogen) atoms. The van der Waals surface area contributed by atoms with Gasteiger partial charge in [0.1, 0.15) is 6.04 Å². The monoisotopic (exact) mass is 555 g/mol. The summed E-state index contributed by atoms with van der Waals surface area (Å²) in [5, 5.41) is 13.2. The number of nitrogens with zero attached hydrogens (tertiary/aromatic N) is 2. The number of aromatic nitrogens is 2. The molecular formula is C31H33N5O5. The van der Waals surface area contributed by atoms with Gasteiger partial charge in [-0.2, -0.15) is 4.98 Å². The molecule has 2 heterocycles. The van der Waals surface area contributed by atoms with E-state index in [1.165, 1.54) is 13.5 Å². The molecule has 0 saturated carbocycles. The fourth-order valence-corrected chi connectivity index (χ4v) is 5.08. The van der Waals surface area contributed by atoms with Crippen LogP contribution >= 0.6 is 0 Å². The van der Waals surface area contributed by atoms with Crippen molar-refractivity contribution in [3.8, 4) is 0 Å². The lowest BCUT2D eigenvalue weighted by Crippen LogP contribution is -2.48. The summed E-state index contributed by atoms with van der Waals surface area (Å²) in [5.74, 6) is -0.215. The Morgan fingerprint density at radius 1 is 1.00 bits per heavy atom. The summed E-state index contributed by atoms with van der Waals surface area (Å²) in [6.45, 7) is 1.10. The second-order valence-electron chi connectivity index (χ2n) is 9.80. The number of hydrogen-bond donors (Lipinski definition) is 3. The van der Waals surface area contributed by atoms with E-state index in [0.29, 0.717) is 31.1 Å². The highest BCUT2D eigenvalue weighted by atomic mass is 16.5. The highest BCUT2D eigenvalue weighted by Crippen LogP contribution is 2.30. The van der Waals surface area contributed by atoms with Gasteiger partial charge < -0.3 is 29.9 Å². The molecule has 5 rings (SSSR count). The zero-order valence-electron chi connectivity index (χ0n) is 22.7. The summed E-state index contributed by atoms with van der Waals surface area (Å²) >= 11 is 0. The molecule has 10 nitrogen and oxygen atoms in total. The number of amides is 2. The second-order valence-corrected chi connectivity index (χ2v) is 9.80. The average Bonchev–Trinajstić information content (AvgIpc) is 3.57. The second kappa shape index (κ2) is 13.7. The molecule has 1 aromatic heterocycles. The van der Waals surface area contributed by atoms with Gasteiger partial charge in [-0.25, -0.2) is 4.79 Å². The number of morpholine rings is 1. The Morgan fingerprint density at radius 3 is 2.29 bits per heavy atom. The smallest absolute Gasteiger partial charge is 0.407 e. The standard InChI is InChI=1S/C31H33N5O5/c1-39-31(38)35-28(27(22-11-4-2-5-12-22)23-13-6-3-7-14-23)30(37)34-25-15-9-8-10-21(25)16-17-24-18-32-26(19-40-24)29-33-20-41-36-29/h2-15,20,24,26-28,32H,16-19H2,1H3,(H,34,37)(H,35,38)/t24-,26+,28+/m1/s1. The number of carbonyl (C=O) groups excluding carboxylic acids is 2. The lowest BCUT2D eigenvalue weighted by atomic mass is 9.84. The number of aryl methyl sites for hydroxylation is 1. The van der Waals surface area contributed by atoms with E-state index in [0.717, 1.165) is 23.1 Å². The van der Waals surface area contributed by atoms with Crippen LogP contribution in [0.3, 0.4) is 0 Å². The van der Waals surface area contributed by atoms with E-state index < -0.39 is 18.1 Å². The number of benzene rings is 3. The van der Waals surface area contributed by atoms with Crippen molar-refractivity contribution in [1.82, 2.24) is 20.8 Å². The maximum absolute atomic E-state index is 13.9. The van der Waals surface area contributed by atoms with Gasteiger partial charge in [0.05, 0.1) is 25.9 Å². The van der Waals surface area contributed by atoms with Crippen molar-refractivity contribution in [3.05, 3.63) is 114 Å². The lowest BCUT2D eigenvalue weighted by Gasteiger charge is -2.29. The lowest BCUT2D eigenvalue weighted by molar-refractivity contribution is -0.118. The Labute approximate surface area is 238 Å². The summed E-state index contributed by atoms with van der Waals surface area (Å²) in [5.41, 5.74) is 3.44. The number of rotatable bonds is 10. The first-order valence-electron chi connectivity index (χ1n) is 13.6. The Bertz CT molecular complexity index is 1350. The van der Waals surface area contributed by atoms with Crippen LogP contribution in [0.4, 0.5) is 10.5 Å². The largest absolute Gasteiger partial charge is 0.453 e. The molecule has 212 valence electrons. The van der Waals surface area contributed by atoms with E-state index in [9.17, 15) is 9.59 Å². The van der Waals surface area contributed by atoms with Crippen molar-refractivity contribution in [2.24, 2.45) is 0 Å². The SMILES string of the molecule is COC(=O)N[C@H](C(=O)Nc1ccccc1CC[C@@H]1CN[C@H](c2ncon2)CO1)C(c1ccccc1)c1ccccc1. The quantitative estimate of drug-likeness (QED) is 0.265. The molecule has 3 atom stereocenters. The number of para-hydroxylation sites is 1. The van der Waals surface area contributed by atoms with Crippen molar-refractivity contribution >= 4 is 17.7 Å². The van der Waals surface area contributed by atoms with Gasteiger partial charge in [0, 0.05) is 18.2 Å². The molecule has 10 heteroatoms. The van der Waals surface area contributed by atoms with Crippen molar-refractivity contribution in [3.63, 3.8) is 0 Å². The molecule has 1 aliphatic rings. The van der Waals surface area contributed by atoms with Crippen LogP contribution < -0.4 is 16.0 Å². The van der Waals surface area contributed by atoms with Gasteiger partial charge in [0.25, 0.3) is 0 Å². The summed E-state index contributed by atoms with van der Waals surface area (Å²) in [6, 6.07) is 25.9. The molecule has 2 amide bonds. The number of hydrogen-bond acceptors (Lipinski definition) is 8. The first-order chi connectivity index (χ1) is 20.1. The van der Waals surface area contributed by atoms with Crippen molar-refractivity contribution in [2.45, 2.75) is 36.9 Å². The third kappa shape index (κ3) is 7.16. The fraction of sp³-hybridized carbons (Fsp3) is 0.290. The van der Waals surface area contributed by atoms with Crippen LogP contribution in [0, 0.1) is 0 Å². The van der Waals surface area contributed by atoms with E-state index in [-0.39, 0.29) is 18.1 Å². The summed E-state index contributed by atoms with van der Waals surface area (Å²) < 4.78 is 15.8. The Kier molecular flexibility index (Phi) is 9.35. The fourth-order valence-electron chi connectivity index (χ4n) is 5.08. The average molecular weight is 556 g/mol. The van der Waals surface area contributed by atoms with Gasteiger partial charge in [-0.05, 0) is 35.6 Å². The molecule has 0 bridgehead atoms. The first-order valence-corrected chi connectivity index (χ1v) is 13.6. The van der Waals surface area contributed by atoms with Crippen LogP contribution in [0.5, 0.6) is 0 Å². The zero-order valence-corrected chi connectivity index (χ0v) is 22.7. The number of methoxy groups -OCH3 is 1. The number of ether oxygens (including phenoxy) is 2. The van der Waals surface area contributed by atoms with Crippen molar-refractivity contribution in [1.29, 1.82) is 0 Å². The summed E-state index contributed by atoms with van der Waals surface area (Å²) in [7, 11) is 1.28. The number of anilines is 1. The van der Waals surface area contributed by atoms with Crippen molar-refractivity contribution < 1.29 is 23.6 Å². The van der Waals surface area contributed by atoms with Gasteiger partial charge in [0.2, 0.25) is 12.3 Å². The third-order valence-electron chi connectivity index (χ3n) is 7.18. The van der Waals surface area contributed by atoms with E-state index in [4.69, 9.17) is 14.0 Å². The Hall–Kier alpha value is -4.54.